The van der Waals surface area contributed by atoms with Crippen molar-refractivity contribution in [2.45, 2.75) is 30.9 Å². The Labute approximate surface area is 166 Å². The molecule has 3 heteroatoms. The van der Waals surface area contributed by atoms with Gasteiger partial charge in [0.25, 0.3) is 0 Å². The highest BCUT2D eigenvalue weighted by Gasteiger charge is 2.38. The Morgan fingerprint density at radius 3 is 1.68 bits per heavy atom. The van der Waals surface area contributed by atoms with E-state index in [1.165, 1.54) is 0 Å². The summed E-state index contributed by atoms with van der Waals surface area (Å²) >= 11 is 0. The minimum Gasteiger partial charge on any atom is -0.359 e. The van der Waals surface area contributed by atoms with E-state index in [0.717, 1.165) is 29.5 Å². The van der Waals surface area contributed by atoms with Crippen molar-refractivity contribution in [3.63, 3.8) is 0 Å². The lowest BCUT2D eigenvalue weighted by Gasteiger charge is -2.37. The van der Waals surface area contributed by atoms with Crippen LogP contribution in [-0.4, -0.2) is 18.6 Å². The second-order valence-electron chi connectivity index (χ2n) is 7.25. The minimum atomic E-state index is -0.730. The van der Waals surface area contributed by atoms with Gasteiger partial charge in [0.2, 0.25) is 5.91 Å². The van der Waals surface area contributed by atoms with Crippen molar-refractivity contribution in [3.8, 4) is 0 Å². The minimum absolute atomic E-state index is 0.0387. The molecule has 3 nitrogen and oxygen atoms in total. The molecule has 0 aliphatic carbocycles. The molecular weight excluding hydrogens is 346 g/mol. The summed E-state index contributed by atoms with van der Waals surface area (Å²) in [5.41, 5.74) is 2.50. The molecular formula is C25H25NO2. The van der Waals surface area contributed by atoms with Crippen LogP contribution in [0.2, 0.25) is 0 Å². The van der Waals surface area contributed by atoms with Gasteiger partial charge in [0.15, 0.2) is 0 Å². The van der Waals surface area contributed by atoms with Gasteiger partial charge in [-0.15, -0.1) is 0 Å². The third kappa shape index (κ3) is 3.71. The molecule has 1 aliphatic rings. The van der Waals surface area contributed by atoms with Gasteiger partial charge in [-0.05, 0) is 29.5 Å². The maximum Gasteiger partial charge on any atom is 0.220 e. The summed E-state index contributed by atoms with van der Waals surface area (Å²) in [5.74, 6) is 0.115. The Morgan fingerprint density at radius 1 is 0.786 bits per heavy atom. The lowest BCUT2D eigenvalue weighted by atomic mass is 9.80. The van der Waals surface area contributed by atoms with Crippen molar-refractivity contribution in [1.82, 2.24) is 5.32 Å². The summed E-state index contributed by atoms with van der Waals surface area (Å²) < 4.78 is 6.76. The van der Waals surface area contributed by atoms with Crippen LogP contribution in [0.4, 0.5) is 0 Å². The number of rotatable bonds is 6. The van der Waals surface area contributed by atoms with Crippen LogP contribution in [0, 0.1) is 0 Å². The molecule has 1 N–H and O–H groups in total. The molecule has 28 heavy (non-hydrogen) atoms. The largest absolute Gasteiger partial charge is 0.359 e. The van der Waals surface area contributed by atoms with E-state index in [-0.39, 0.29) is 11.9 Å². The van der Waals surface area contributed by atoms with Crippen LogP contribution < -0.4 is 5.32 Å². The van der Waals surface area contributed by atoms with E-state index in [4.69, 9.17) is 4.74 Å². The number of carbonyl (C=O) groups excluding carboxylic acids is 1. The number of carbonyl (C=O) groups is 1. The zero-order chi connectivity index (χ0) is 19.2. The number of ether oxygens (including phenoxy) is 1. The van der Waals surface area contributed by atoms with Crippen LogP contribution in [0.15, 0.2) is 91.0 Å². The first kappa shape index (κ1) is 18.5. The van der Waals surface area contributed by atoms with Crippen LogP contribution in [0.3, 0.4) is 0 Å². The second kappa shape index (κ2) is 8.41. The van der Waals surface area contributed by atoms with Crippen molar-refractivity contribution in [2.24, 2.45) is 0 Å². The van der Waals surface area contributed by atoms with E-state index in [1.807, 2.05) is 54.6 Å². The molecule has 0 aromatic heterocycles. The molecule has 1 atom stereocenters. The van der Waals surface area contributed by atoms with Gasteiger partial charge >= 0.3 is 0 Å². The van der Waals surface area contributed by atoms with E-state index in [9.17, 15) is 4.79 Å². The number of amides is 1. The zero-order valence-electron chi connectivity index (χ0n) is 15.9. The summed E-state index contributed by atoms with van der Waals surface area (Å²) in [4.78, 5) is 11.8. The molecule has 142 valence electrons. The summed E-state index contributed by atoms with van der Waals surface area (Å²) in [5, 5.41) is 3.08. The highest BCUT2D eigenvalue weighted by molar-refractivity contribution is 5.76. The van der Waals surface area contributed by atoms with Gasteiger partial charge in [-0.1, -0.05) is 91.0 Å². The molecule has 3 aromatic carbocycles. The fourth-order valence-corrected chi connectivity index (χ4v) is 4.00. The van der Waals surface area contributed by atoms with E-state index >= 15 is 0 Å². The van der Waals surface area contributed by atoms with E-state index in [2.05, 4.69) is 41.7 Å². The number of hydrogen-bond donors (Lipinski definition) is 1. The maximum atomic E-state index is 11.8. The van der Waals surface area contributed by atoms with Gasteiger partial charge in [0, 0.05) is 6.42 Å². The SMILES string of the molecule is O=C1CCCC(COC(c2ccccc2)(c2ccccc2)c2ccccc2)N1. The highest BCUT2D eigenvalue weighted by atomic mass is 16.5. The van der Waals surface area contributed by atoms with Crippen molar-refractivity contribution in [2.75, 3.05) is 6.61 Å². The molecule has 1 unspecified atom stereocenters. The van der Waals surface area contributed by atoms with E-state index in [1.54, 1.807) is 0 Å². The first-order valence-electron chi connectivity index (χ1n) is 9.89. The van der Waals surface area contributed by atoms with Crippen molar-refractivity contribution < 1.29 is 9.53 Å². The molecule has 0 radical (unpaired) electrons. The molecule has 1 amide bonds. The smallest absolute Gasteiger partial charge is 0.220 e. The standard InChI is InChI=1S/C25H25NO2/c27-24-18-10-17-23(26-24)19-28-25(20-11-4-1-5-12-20,21-13-6-2-7-14-21)22-15-8-3-9-16-22/h1-9,11-16,23H,10,17-19H2,(H,26,27). The third-order valence-electron chi connectivity index (χ3n) is 5.36. The van der Waals surface area contributed by atoms with Crippen LogP contribution >= 0.6 is 0 Å². The summed E-state index contributed by atoms with van der Waals surface area (Å²) in [6, 6.07) is 31.0. The normalized spacial score (nSPS) is 17.1. The first-order valence-corrected chi connectivity index (χ1v) is 9.89. The fourth-order valence-electron chi connectivity index (χ4n) is 4.00. The lowest BCUT2D eigenvalue weighted by molar-refractivity contribution is -0.124. The van der Waals surface area contributed by atoms with Crippen LogP contribution in [0.25, 0.3) is 0 Å². The first-order chi connectivity index (χ1) is 13.8. The predicted octanol–water partition coefficient (Wildman–Crippen LogP) is 4.66. The molecule has 0 saturated carbocycles. The van der Waals surface area contributed by atoms with Gasteiger partial charge in [0.1, 0.15) is 5.60 Å². The molecule has 0 bridgehead atoms. The van der Waals surface area contributed by atoms with Gasteiger partial charge in [-0.25, -0.2) is 0 Å². The van der Waals surface area contributed by atoms with Crippen molar-refractivity contribution >= 4 is 5.91 Å². The Bertz CT molecular complexity index is 797. The molecule has 1 aliphatic heterocycles. The number of nitrogens with one attached hydrogen (secondary N) is 1. The zero-order valence-corrected chi connectivity index (χ0v) is 15.9. The molecule has 3 aromatic rings. The summed E-state index contributed by atoms with van der Waals surface area (Å²) in [6.07, 6.45) is 2.47. The molecule has 1 saturated heterocycles. The predicted molar refractivity (Wildman–Crippen MR) is 111 cm³/mol. The van der Waals surface area contributed by atoms with E-state index in [0.29, 0.717) is 13.0 Å². The average Bonchev–Trinajstić information content (AvgIpc) is 2.77. The van der Waals surface area contributed by atoms with Gasteiger partial charge in [-0.2, -0.15) is 0 Å². The fraction of sp³-hybridized carbons (Fsp3) is 0.240. The van der Waals surface area contributed by atoms with Crippen LogP contribution in [0.1, 0.15) is 36.0 Å². The number of hydrogen-bond acceptors (Lipinski definition) is 2. The molecule has 4 rings (SSSR count). The van der Waals surface area contributed by atoms with E-state index < -0.39 is 5.60 Å². The van der Waals surface area contributed by atoms with Gasteiger partial charge in [-0.3, -0.25) is 4.79 Å². The quantitative estimate of drug-likeness (QED) is 0.640. The highest BCUT2D eigenvalue weighted by Crippen LogP contribution is 2.40. The Kier molecular flexibility index (Phi) is 5.54. The Balaban J connectivity index is 1.80. The maximum absolute atomic E-state index is 11.8. The molecule has 1 heterocycles. The Morgan fingerprint density at radius 2 is 1.25 bits per heavy atom. The summed E-state index contributed by atoms with van der Waals surface area (Å²) in [7, 11) is 0. The van der Waals surface area contributed by atoms with Crippen LogP contribution in [-0.2, 0) is 15.1 Å². The second-order valence-corrected chi connectivity index (χ2v) is 7.25. The Hall–Kier alpha value is -2.91. The monoisotopic (exact) mass is 371 g/mol. The van der Waals surface area contributed by atoms with Gasteiger partial charge in [0.05, 0.1) is 12.6 Å². The van der Waals surface area contributed by atoms with Gasteiger partial charge < -0.3 is 10.1 Å². The third-order valence-corrected chi connectivity index (χ3v) is 5.36. The summed E-state index contributed by atoms with van der Waals surface area (Å²) in [6.45, 7) is 0.463. The molecule has 0 spiro atoms. The lowest BCUT2D eigenvalue weighted by Crippen LogP contribution is -2.44. The number of piperidine rings is 1. The van der Waals surface area contributed by atoms with Crippen molar-refractivity contribution in [3.05, 3.63) is 108 Å². The topological polar surface area (TPSA) is 38.3 Å². The van der Waals surface area contributed by atoms with Crippen molar-refractivity contribution in [1.29, 1.82) is 0 Å². The molecule has 1 fully saturated rings. The number of benzene rings is 3. The average molecular weight is 371 g/mol. The van der Waals surface area contributed by atoms with Crippen LogP contribution in [0.5, 0.6) is 0 Å².